The first-order valence-electron chi connectivity index (χ1n) is 8.90. The second kappa shape index (κ2) is 8.26. The summed E-state index contributed by atoms with van der Waals surface area (Å²) in [5, 5.41) is 1.93. The van der Waals surface area contributed by atoms with Gasteiger partial charge in [-0.15, -0.1) is 11.3 Å². The number of likely N-dealkylation sites (tertiary alicyclic amines) is 1. The third kappa shape index (κ3) is 3.91. The third-order valence-electron chi connectivity index (χ3n) is 4.93. The van der Waals surface area contributed by atoms with Crippen LogP contribution in [0.4, 0.5) is 0 Å². The molecular weight excluding hydrogens is 389 g/mol. The minimum absolute atomic E-state index is 0.0686. The van der Waals surface area contributed by atoms with E-state index in [9.17, 15) is 4.79 Å². The highest BCUT2D eigenvalue weighted by atomic mass is 35.5. The monoisotopic (exact) mass is 411 g/mol. The molecule has 0 bridgehead atoms. The predicted octanol–water partition coefficient (Wildman–Crippen LogP) is 4.98. The number of carbonyl (C=O) groups excluding carboxylic acids is 1. The molecule has 2 aromatic rings. The zero-order chi connectivity index (χ0) is 18.8. The van der Waals surface area contributed by atoms with Crippen LogP contribution >= 0.6 is 34.5 Å². The first kappa shape index (κ1) is 19.6. The number of hydrogen-bond acceptors (Lipinski definition) is 4. The van der Waals surface area contributed by atoms with E-state index in [0.717, 1.165) is 48.9 Å². The van der Waals surface area contributed by atoms with Crippen LogP contribution in [-0.2, 0) is 0 Å². The van der Waals surface area contributed by atoms with Gasteiger partial charge in [0.15, 0.2) is 0 Å². The van der Waals surface area contributed by atoms with Gasteiger partial charge in [-0.1, -0.05) is 37.0 Å². The molecule has 0 saturated carbocycles. The molecule has 1 saturated heterocycles. The minimum atomic E-state index is 0.0686. The van der Waals surface area contributed by atoms with Gasteiger partial charge in [-0.05, 0) is 44.6 Å². The predicted molar refractivity (Wildman–Crippen MR) is 110 cm³/mol. The molecule has 1 unspecified atom stereocenters. The standard InChI is InChI=1S/C19H23Cl2N3OS/c1-4-23(5-2)14-8-9-24(11-14)19(25)17-12(3)22-18(26-17)15-10-13(20)6-7-16(15)21/h6-7,10,14H,4-5,8-9,11H2,1-3H3. The summed E-state index contributed by atoms with van der Waals surface area (Å²) in [5.41, 5.74) is 1.52. The molecule has 0 N–H and O–H groups in total. The number of aryl methyl sites for hydroxylation is 1. The van der Waals surface area contributed by atoms with Gasteiger partial charge in [-0.3, -0.25) is 9.69 Å². The fourth-order valence-electron chi connectivity index (χ4n) is 3.48. The van der Waals surface area contributed by atoms with E-state index in [1.165, 1.54) is 11.3 Å². The molecule has 1 fully saturated rings. The van der Waals surface area contributed by atoms with E-state index >= 15 is 0 Å². The van der Waals surface area contributed by atoms with Gasteiger partial charge in [0.2, 0.25) is 0 Å². The van der Waals surface area contributed by atoms with Gasteiger partial charge in [0.25, 0.3) is 5.91 Å². The third-order valence-corrected chi connectivity index (χ3v) is 6.67. The fourth-order valence-corrected chi connectivity index (χ4v) is 4.98. The average molecular weight is 412 g/mol. The van der Waals surface area contributed by atoms with E-state index in [1.54, 1.807) is 18.2 Å². The molecule has 1 aromatic heterocycles. The number of rotatable bonds is 5. The maximum atomic E-state index is 13.0. The molecule has 26 heavy (non-hydrogen) atoms. The molecule has 3 rings (SSSR count). The molecule has 140 valence electrons. The van der Waals surface area contributed by atoms with Gasteiger partial charge in [0.1, 0.15) is 9.88 Å². The summed E-state index contributed by atoms with van der Waals surface area (Å²) in [5.74, 6) is 0.0686. The summed E-state index contributed by atoms with van der Waals surface area (Å²) in [7, 11) is 0. The number of hydrogen-bond donors (Lipinski definition) is 0. The normalized spacial score (nSPS) is 17.3. The van der Waals surface area contributed by atoms with Crippen molar-refractivity contribution in [3.05, 3.63) is 38.8 Å². The molecule has 1 atom stereocenters. The van der Waals surface area contributed by atoms with Gasteiger partial charge in [-0.25, -0.2) is 4.98 Å². The van der Waals surface area contributed by atoms with Crippen molar-refractivity contribution >= 4 is 40.4 Å². The number of likely N-dealkylation sites (N-methyl/N-ethyl adjacent to an activating group) is 1. The van der Waals surface area contributed by atoms with E-state index in [2.05, 4.69) is 23.7 Å². The van der Waals surface area contributed by atoms with Gasteiger partial charge < -0.3 is 4.90 Å². The molecular formula is C19H23Cl2N3OS. The number of aromatic nitrogens is 1. The summed E-state index contributed by atoms with van der Waals surface area (Å²) >= 11 is 13.8. The summed E-state index contributed by atoms with van der Waals surface area (Å²) in [6.07, 6.45) is 1.03. The van der Waals surface area contributed by atoms with Crippen LogP contribution in [0.15, 0.2) is 18.2 Å². The topological polar surface area (TPSA) is 36.4 Å². The number of amides is 1. The van der Waals surface area contributed by atoms with E-state index in [-0.39, 0.29) is 5.91 Å². The first-order chi connectivity index (χ1) is 12.4. The Balaban J connectivity index is 1.81. The lowest BCUT2D eigenvalue weighted by atomic mass is 10.2. The molecule has 0 spiro atoms. The van der Waals surface area contributed by atoms with Crippen molar-refractivity contribution in [1.82, 2.24) is 14.8 Å². The summed E-state index contributed by atoms with van der Waals surface area (Å²) in [4.78, 5) is 22.7. The highest BCUT2D eigenvalue weighted by molar-refractivity contribution is 7.17. The van der Waals surface area contributed by atoms with Crippen molar-refractivity contribution in [3.8, 4) is 10.6 Å². The summed E-state index contributed by atoms with van der Waals surface area (Å²) in [6, 6.07) is 5.75. The highest BCUT2D eigenvalue weighted by Crippen LogP contribution is 2.35. The molecule has 7 heteroatoms. The van der Waals surface area contributed by atoms with Crippen molar-refractivity contribution < 1.29 is 4.79 Å². The van der Waals surface area contributed by atoms with Crippen LogP contribution in [0.2, 0.25) is 10.0 Å². The summed E-state index contributed by atoms with van der Waals surface area (Å²) in [6.45, 7) is 9.82. The molecule has 2 heterocycles. The van der Waals surface area contributed by atoms with Crippen LogP contribution < -0.4 is 0 Å². The number of carbonyl (C=O) groups is 1. The van der Waals surface area contributed by atoms with Crippen molar-refractivity contribution in [2.45, 2.75) is 33.2 Å². The number of nitrogens with zero attached hydrogens (tertiary/aromatic N) is 3. The lowest BCUT2D eigenvalue weighted by Gasteiger charge is -2.26. The second-order valence-corrected chi connectivity index (χ2v) is 8.32. The molecule has 0 aliphatic carbocycles. The summed E-state index contributed by atoms with van der Waals surface area (Å²) < 4.78 is 0. The zero-order valence-corrected chi connectivity index (χ0v) is 17.6. The molecule has 1 amide bonds. The lowest BCUT2D eigenvalue weighted by Crippen LogP contribution is -2.38. The Morgan fingerprint density at radius 1 is 1.35 bits per heavy atom. The Morgan fingerprint density at radius 3 is 2.77 bits per heavy atom. The molecule has 0 radical (unpaired) electrons. The van der Waals surface area contributed by atoms with Crippen LogP contribution in [0, 0.1) is 6.92 Å². The Hall–Kier alpha value is -1.14. The van der Waals surface area contributed by atoms with Crippen LogP contribution in [-0.4, -0.2) is 52.9 Å². The van der Waals surface area contributed by atoms with Crippen LogP contribution in [0.1, 0.15) is 35.6 Å². The van der Waals surface area contributed by atoms with Crippen LogP contribution in [0.5, 0.6) is 0 Å². The van der Waals surface area contributed by atoms with Crippen molar-refractivity contribution in [1.29, 1.82) is 0 Å². The maximum absolute atomic E-state index is 13.0. The van der Waals surface area contributed by atoms with Crippen LogP contribution in [0.25, 0.3) is 10.6 Å². The van der Waals surface area contributed by atoms with E-state index in [1.807, 2.05) is 11.8 Å². The number of thiazole rings is 1. The maximum Gasteiger partial charge on any atom is 0.265 e. The molecule has 4 nitrogen and oxygen atoms in total. The van der Waals surface area contributed by atoms with E-state index < -0.39 is 0 Å². The number of benzene rings is 1. The number of halogens is 2. The van der Waals surface area contributed by atoms with E-state index in [0.29, 0.717) is 21.0 Å². The van der Waals surface area contributed by atoms with Crippen molar-refractivity contribution in [2.24, 2.45) is 0 Å². The van der Waals surface area contributed by atoms with Gasteiger partial charge in [-0.2, -0.15) is 0 Å². The molecule has 1 aliphatic rings. The van der Waals surface area contributed by atoms with Gasteiger partial charge in [0.05, 0.1) is 10.7 Å². The minimum Gasteiger partial charge on any atom is -0.336 e. The SMILES string of the molecule is CCN(CC)C1CCN(C(=O)c2sc(-c3cc(Cl)ccc3Cl)nc2C)C1. The Labute approximate surface area is 168 Å². The Morgan fingerprint density at radius 2 is 2.08 bits per heavy atom. The van der Waals surface area contributed by atoms with Crippen LogP contribution in [0.3, 0.4) is 0 Å². The molecule has 1 aromatic carbocycles. The fraction of sp³-hybridized carbons (Fsp3) is 0.474. The Bertz CT molecular complexity index is 804. The van der Waals surface area contributed by atoms with Crippen molar-refractivity contribution in [3.63, 3.8) is 0 Å². The average Bonchev–Trinajstić information content (AvgIpc) is 3.25. The highest BCUT2D eigenvalue weighted by Gasteiger charge is 2.31. The lowest BCUT2D eigenvalue weighted by molar-refractivity contribution is 0.0782. The second-order valence-electron chi connectivity index (χ2n) is 6.47. The zero-order valence-electron chi connectivity index (χ0n) is 15.3. The smallest absolute Gasteiger partial charge is 0.265 e. The van der Waals surface area contributed by atoms with Gasteiger partial charge >= 0.3 is 0 Å². The van der Waals surface area contributed by atoms with E-state index in [4.69, 9.17) is 23.2 Å². The largest absolute Gasteiger partial charge is 0.336 e. The molecule has 1 aliphatic heterocycles. The van der Waals surface area contributed by atoms with Crippen molar-refractivity contribution in [2.75, 3.05) is 26.2 Å². The first-order valence-corrected chi connectivity index (χ1v) is 10.5. The quantitative estimate of drug-likeness (QED) is 0.695. The Kier molecular flexibility index (Phi) is 6.23. The van der Waals surface area contributed by atoms with Gasteiger partial charge in [0, 0.05) is 29.7 Å².